The summed E-state index contributed by atoms with van der Waals surface area (Å²) < 4.78 is 1.89. The zero-order chi connectivity index (χ0) is 16.5. The number of rotatable bonds is 4. The molecule has 0 bridgehead atoms. The van der Waals surface area contributed by atoms with Crippen LogP contribution in [0.5, 0.6) is 0 Å². The lowest BCUT2D eigenvalue weighted by Crippen LogP contribution is -2.14. The molecule has 1 aliphatic carbocycles. The molecule has 0 aliphatic heterocycles. The van der Waals surface area contributed by atoms with Crippen molar-refractivity contribution in [3.05, 3.63) is 53.3 Å². The van der Waals surface area contributed by atoms with Crippen LogP contribution < -0.4 is 5.32 Å². The SMILES string of the molecule is Cn1ccnc1-c1cc(NC(=O)Cc2ccc3c(c2)CCC3)n[nH]1. The smallest absolute Gasteiger partial charge is 0.229 e. The van der Waals surface area contributed by atoms with Gasteiger partial charge in [0.15, 0.2) is 11.6 Å². The number of carbonyl (C=O) groups excluding carboxylic acids is 1. The Labute approximate surface area is 139 Å². The van der Waals surface area contributed by atoms with Crippen molar-refractivity contribution in [1.29, 1.82) is 0 Å². The molecule has 2 heterocycles. The molecule has 3 aromatic rings. The van der Waals surface area contributed by atoms with E-state index in [1.807, 2.05) is 23.9 Å². The first kappa shape index (κ1) is 14.7. The summed E-state index contributed by atoms with van der Waals surface area (Å²) in [5, 5.41) is 9.89. The minimum absolute atomic E-state index is 0.0640. The molecule has 6 nitrogen and oxygen atoms in total. The largest absolute Gasteiger partial charge is 0.333 e. The number of anilines is 1. The third-order valence-corrected chi connectivity index (χ3v) is 4.44. The maximum Gasteiger partial charge on any atom is 0.229 e. The summed E-state index contributed by atoms with van der Waals surface area (Å²) in [4.78, 5) is 16.5. The number of nitrogens with zero attached hydrogens (tertiary/aromatic N) is 3. The van der Waals surface area contributed by atoms with Gasteiger partial charge in [-0.1, -0.05) is 18.2 Å². The molecule has 24 heavy (non-hydrogen) atoms. The van der Waals surface area contributed by atoms with Crippen molar-refractivity contribution in [3.8, 4) is 11.5 Å². The molecule has 6 heteroatoms. The number of imidazole rings is 1. The van der Waals surface area contributed by atoms with Crippen LogP contribution in [0, 0.1) is 0 Å². The minimum atomic E-state index is -0.0640. The number of H-pyrrole nitrogens is 1. The molecule has 1 amide bonds. The Morgan fingerprint density at radius 3 is 3.00 bits per heavy atom. The third-order valence-electron chi connectivity index (χ3n) is 4.44. The summed E-state index contributed by atoms with van der Waals surface area (Å²) in [6, 6.07) is 8.15. The Morgan fingerprint density at radius 1 is 1.29 bits per heavy atom. The molecule has 1 aliphatic rings. The van der Waals surface area contributed by atoms with Gasteiger partial charge in [-0.2, -0.15) is 5.10 Å². The first-order chi connectivity index (χ1) is 11.7. The standard InChI is InChI=1S/C18H19N5O/c1-23-8-7-19-18(23)15-11-16(22-21-15)20-17(24)10-12-5-6-13-3-2-4-14(13)9-12/h5-9,11H,2-4,10H2,1H3,(H2,20,21,22,24). The molecule has 4 rings (SSSR count). The van der Waals surface area contributed by atoms with Crippen LogP contribution in [0.15, 0.2) is 36.7 Å². The number of nitrogens with one attached hydrogen (secondary N) is 2. The van der Waals surface area contributed by atoms with Gasteiger partial charge in [-0.25, -0.2) is 4.98 Å². The van der Waals surface area contributed by atoms with Crippen molar-refractivity contribution in [2.75, 3.05) is 5.32 Å². The van der Waals surface area contributed by atoms with Crippen molar-refractivity contribution >= 4 is 11.7 Å². The highest BCUT2D eigenvalue weighted by atomic mass is 16.1. The number of aromatic amines is 1. The fourth-order valence-electron chi connectivity index (χ4n) is 3.23. The normalized spacial score (nSPS) is 13.0. The summed E-state index contributed by atoms with van der Waals surface area (Å²) in [5.41, 5.74) is 4.63. The van der Waals surface area contributed by atoms with Gasteiger partial charge < -0.3 is 9.88 Å². The second kappa shape index (κ2) is 5.96. The lowest BCUT2D eigenvalue weighted by molar-refractivity contribution is -0.115. The Hall–Kier alpha value is -2.89. The number of carbonyl (C=O) groups is 1. The maximum atomic E-state index is 12.3. The van der Waals surface area contributed by atoms with Gasteiger partial charge in [0.1, 0.15) is 5.69 Å². The highest BCUT2D eigenvalue weighted by molar-refractivity contribution is 5.91. The molecule has 0 saturated heterocycles. The molecule has 0 fully saturated rings. The topological polar surface area (TPSA) is 75.6 Å². The molecule has 1 aromatic carbocycles. The van der Waals surface area contributed by atoms with Gasteiger partial charge in [-0.15, -0.1) is 0 Å². The number of benzene rings is 1. The number of hydrogen-bond donors (Lipinski definition) is 2. The fraction of sp³-hybridized carbons (Fsp3) is 0.278. The fourth-order valence-corrected chi connectivity index (χ4v) is 3.23. The zero-order valence-corrected chi connectivity index (χ0v) is 13.5. The summed E-state index contributed by atoms with van der Waals surface area (Å²) in [6.45, 7) is 0. The van der Waals surface area contributed by atoms with Crippen LogP contribution in [0.2, 0.25) is 0 Å². The number of hydrogen-bond acceptors (Lipinski definition) is 3. The Morgan fingerprint density at radius 2 is 2.17 bits per heavy atom. The summed E-state index contributed by atoms with van der Waals surface area (Å²) >= 11 is 0. The van der Waals surface area contributed by atoms with Gasteiger partial charge in [-0.3, -0.25) is 9.89 Å². The number of amides is 1. The maximum absolute atomic E-state index is 12.3. The average Bonchev–Trinajstić information content (AvgIpc) is 3.27. The Balaban J connectivity index is 1.43. The summed E-state index contributed by atoms with van der Waals surface area (Å²) in [5.74, 6) is 1.23. The molecule has 2 N–H and O–H groups in total. The third kappa shape index (κ3) is 2.82. The first-order valence-electron chi connectivity index (χ1n) is 8.13. The van der Waals surface area contributed by atoms with Crippen LogP contribution in [-0.4, -0.2) is 25.7 Å². The number of aromatic nitrogens is 4. The second-order valence-corrected chi connectivity index (χ2v) is 6.21. The second-order valence-electron chi connectivity index (χ2n) is 6.21. The van der Waals surface area contributed by atoms with Crippen molar-refractivity contribution in [2.24, 2.45) is 7.05 Å². The van der Waals surface area contributed by atoms with Crippen LogP contribution >= 0.6 is 0 Å². The van der Waals surface area contributed by atoms with Crippen LogP contribution in [0.4, 0.5) is 5.82 Å². The van der Waals surface area contributed by atoms with Crippen LogP contribution in [0.25, 0.3) is 11.5 Å². The van der Waals surface area contributed by atoms with E-state index in [0.717, 1.165) is 29.9 Å². The van der Waals surface area contributed by atoms with Crippen LogP contribution in [0.3, 0.4) is 0 Å². The van der Waals surface area contributed by atoms with Gasteiger partial charge in [0.25, 0.3) is 0 Å². The molecule has 0 spiro atoms. The molecular weight excluding hydrogens is 302 g/mol. The van der Waals surface area contributed by atoms with E-state index in [-0.39, 0.29) is 5.91 Å². The monoisotopic (exact) mass is 321 g/mol. The summed E-state index contributed by atoms with van der Waals surface area (Å²) in [6.07, 6.45) is 7.44. The highest BCUT2D eigenvalue weighted by Crippen LogP contribution is 2.23. The number of aryl methyl sites for hydroxylation is 3. The van der Waals surface area contributed by atoms with E-state index in [1.54, 1.807) is 12.3 Å². The van der Waals surface area contributed by atoms with E-state index in [0.29, 0.717) is 12.2 Å². The van der Waals surface area contributed by atoms with E-state index >= 15 is 0 Å². The van der Waals surface area contributed by atoms with Crippen molar-refractivity contribution in [1.82, 2.24) is 19.7 Å². The van der Waals surface area contributed by atoms with Gasteiger partial charge in [0.2, 0.25) is 5.91 Å². The molecule has 0 atom stereocenters. The highest BCUT2D eigenvalue weighted by Gasteiger charge is 2.13. The lowest BCUT2D eigenvalue weighted by atomic mass is 10.0. The van der Waals surface area contributed by atoms with Crippen molar-refractivity contribution < 1.29 is 4.79 Å². The Bertz CT molecular complexity index is 892. The number of fused-ring (bicyclic) bond motifs is 1. The van der Waals surface area contributed by atoms with Gasteiger partial charge in [-0.05, 0) is 36.0 Å². The molecule has 0 saturated carbocycles. The molecule has 2 aromatic heterocycles. The van der Waals surface area contributed by atoms with Crippen molar-refractivity contribution in [3.63, 3.8) is 0 Å². The van der Waals surface area contributed by atoms with Gasteiger partial charge >= 0.3 is 0 Å². The quantitative estimate of drug-likeness (QED) is 0.775. The van der Waals surface area contributed by atoms with E-state index in [1.165, 1.54) is 17.5 Å². The lowest BCUT2D eigenvalue weighted by Gasteiger charge is -2.05. The van der Waals surface area contributed by atoms with E-state index in [2.05, 4.69) is 32.6 Å². The predicted octanol–water partition coefficient (Wildman–Crippen LogP) is 2.48. The molecule has 0 unspecified atom stereocenters. The van der Waals surface area contributed by atoms with Crippen LogP contribution in [0.1, 0.15) is 23.1 Å². The predicted molar refractivity (Wildman–Crippen MR) is 91.6 cm³/mol. The zero-order valence-electron chi connectivity index (χ0n) is 13.5. The van der Waals surface area contributed by atoms with E-state index in [4.69, 9.17) is 0 Å². The molecule has 122 valence electrons. The van der Waals surface area contributed by atoms with Gasteiger partial charge in [0, 0.05) is 25.5 Å². The molecule has 0 radical (unpaired) electrons. The first-order valence-corrected chi connectivity index (χ1v) is 8.13. The van der Waals surface area contributed by atoms with E-state index in [9.17, 15) is 4.79 Å². The van der Waals surface area contributed by atoms with Crippen molar-refractivity contribution in [2.45, 2.75) is 25.7 Å². The van der Waals surface area contributed by atoms with Gasteiger partial charge in [0.05, 0.1) is 6.42 Å². The average molecular weight is 321 g/mol. The molecular formula is C18H19N5O. The van der Waals surface area contributed by atoms with Crippen LogP contribution in [-0.2, 0) is 31.1 Å². The Kier molecular flexibility index (Phi) is 3.65. The summed E-state index contributed by atoms with van der Waals surface area (Å²) in [7, 11) is 1.91. The minimum Gasteiger partial charge on any atom is -0.333 e. The van der Waals surface area contributed by atoms with E-state index < -0.39 is 0 Å².